The molecule has 148 valence electrons. The predicted octanol–water partition coefficient (Wildman–Crippen LogP) is 3.22. The number of aryl methyl sites for hydroxylation is 2. The highest BCUT2D eigenvalue weighted by molar-refractivity contribution is 8.05. The fraction of sp³-hybridized carbons (Fsp3) is 0.227. The molecule has 1 aliphatic rings. The smallest absolute Gasteiger partial charge is 0.262 e. The van der Waals surface area contributed by atoms with E-state index < -0.39 is 11.2 Å². The standard InChI is InChI=1S/C22H21N3O3S/c1-13-7-8-15(9-14(13)2)10-19-21(27)25(16-5-4-6-17(11-16)28-3)22(29-19)18(12-23)20(24)26/h4-9,11,19H,10H2,1-3H3,(H2,24,26)/b22-18-/t19-/m0/s1. The average molecular weight is 407 g/mol. The number of ether oxygens (including phenoxy) is 1. The highest BCUT2D eigenvalue weighted by Crippen LogP contribution is 2.42. The van der Waals surface area contributed by atoms with Gasteiger partial charge in [-0.3, -0.25) is 14.5 Å². The quantitative estimate of drug-likeness (QED) is 0.606. The molecule has 1 aliphatic heterocycles. The predicted molar refractivity (Wildman–Crippen MR) is 113 cm³/mol. The van der Waals surface area contributed by atoms with Crippen molar-refractivity contribution < 1.29 is 14.3 Å². The summed E-state index contributed by atoms with van der Waals surface area (Å²) in [6.07, 6.45) is 0.478. The third-order valence-corrected chi connectivity index (χ3v) is 6.09. The van der Waals surface area contributed by atoms with Gasteiger partial charge in [-0.1, -0.05) is 36.0 Å². The molecule has 29 heavy (non-hydrogen) atoms. The highest BCUT2D eigenvalue weighted by Gasteiger charge is 2.40. The second kappa shape index (κ2) is 8.41. The average Bonchev–Trinajstić information content (AvgIpc) is 3.01. The maximum absolute atomic E-state index is 13.3. The second-order valence-electron chi connectivity index (χ2n) is 6.76. The molecule has 2 amide bonds. The van der Waals surface area contributed by atoms with Gasteiger partial charge in [0.1, 0.15) is 22.4 Å². The third kappa shape index (κ3) is 4.13. The van der Waals surface area contributed by atoms with E-state index in [1.54, 1.807) is 24.3 Å². The van der Waals surface area contributed by atoms with Gasteiger partial charge < -0.3 is 10.5 Å². The summed E-state index contributed by atoms with van der Waals surface area (Å²) in [5.74, 6) is -0.497. The van der Waals surface area contributed by atoms with Crippen LogP contribution in [0.25, 0.3) is 0 Å². The Labute approximate surface area is 173 Å². The third-order valence-electron chi connectivity index (χ3n) is 4.83. The van der Waals surface area contributed by atoms with Gasteiger partial charge in [0.25, 0.3) is 5.91 Å². The van der Waals surface area contributed by atoms with E-state index in [0.29, 0.717) is 17.9 Å². The number of carbonyl (C=O) groups is 2. The Morgan fingerprint density at radius 3 is 2.62 bits per heavy atom. The van der Waals surface area contributed by atoms with E-state index in [9.17, 15) is 14.9 Å². The van der Waals surface area contributed by atoms with Gasteiger partial charge >= 0.3 is 0 Å². The van der Waals surface area contributed by atoms with Crippen LogP contribution in [-0.2, 0) is 16.0 Å². The van der Waals surface area contributed by atoms with Crippen LogP contribution in [0.4, 0.5) is 5.69 Å². The topological polar surface area (TPSA) is 96.4 Å². The number of hydrogen-bond donors (Lipinski definition) is 1. The van der Waals surface area contributed by atoms with E-state index in [-0.39, 0.29) is 16.5 Å². The lowest BCUT2D eigenvalue weighted by atomic mass is 10.0. The summed E-state index contributed by atoms with van der Waals surface area (Å²) in [6.45, 7) is 4.06. The van der Waals surface area contributed by atoms with Crippen molar-refractivity contribution in [2.75, 3.05) is 12.0 Å². The van der Waals surface area contributed by atoms with E-state index >= 15 is 0 Å². The van der Waals surface area contributed by atoms with Crippen molar-refractivity contribution in [1.29, 1.82) is 5.26 Å². The zero-order valence-corrected chi connectivity index (χ0v) is 17.2. The second-order valence-corrected chi connectivity index (χ2v) is 7.95. The van der Waals surface area contributed by atoms with Gasteiger partial charge in [-0.05, 0) is 49.1 Å². The lowest BCUT2D eigenvalue weighted by Gasteiger charge is -2.19. The van der Waals surface area contributed by atoms with Crippen LogP contribution < -0.4 is 15.4 Å². The maximum atomic E-state index is 13.3. The first-order valence-corrected chi connectivity index (χ1v) is 9.88. The molecule has 0 aromatic heterocycles. The number of rotatable bonds is 5. The summed E-state index contributed by atoms with van der Waals surface area (Å²) >= 11 is 1.19. The fourth-order valence-corrected chi connectivity index (χ4v) is 4.44. The summed E-state index contributed by atoms with van der Waals surface area (Å²) in [4.78, 5) is 26.5. The minimum Gasteiger partial charge on any atom is -0.497 e. The number of amides is 2. The first kappa shape index (κ1) is 20.5. The first-order chi connectivity index (χ1) is 13.8. The summed E-state index contributed by atoms with van der Waals surface area (Å²) in [5.41, 5.74) is 9.04. The monoisotopic (exact) mass is 407 g/mol. The number of anilines is 1. The molecule has 1 heterocycles. The lowest BCUT2D eigenvalue weighted by molar-refractivity contribution is -0.117. The van der Waals surface area contributed by atoms with Crippen LogP contribution in [0.15, 0.2) is 53.1 Å². The summed E-state index contributed by atoms with van der Waals surface area (Å²) in [6, 6.07) is 14.8. The Bertz CT molecular complexity index is 1060. The van der Waals surface area contributed by atoms with Crippen LogP contribution in [0.5, 0.6) is 5.75 Å². The summed E-state index contributed by atoms with van der Waals surface area (Å²) in [5, 5.41) is 9.25. The van der Waals surface area contributed by atoms with E-state index in [2.05, 4.69) is 6.07 Å². The molecule has 1 atom stereocenters. The number of primary amides is 1. The van der Waals surface area contributed by atoms with Crippen molar-refractivity contribution in [1.82, 2.24) is 0 Å². The van der Waals surface area contributed by atoms with Crippen molar-refractivity contribution in [2.24, 2.45) is 5.73 Å². The van der Waals surface area contributed by atoms with Crippen LogP contribution >= 0.6 is 11.8 Å². The Morgan fingerprint density at radius 1 is 1.24 bits per heavy atom. The molecule has 0 saturated carbocycles. The van der Waals surface area contributed by atoms with Crippen LogP contribution in [-0.4, -0.2) is 24.2 Å². The molecule has 6 nitrogen and oxygen atoms in total. The molecular formula is C22H21N3O3S. The van der Waals surface area contributed by atoms with E-state index in [4.69, 9.17) is 10.5 Å². The number of benzene rings is 2. The Hall–Kier alpha value is -3.24. The number of carbonyl (C=O) groups excluding carboxylic acids is 2. The van der Waals surface area contributed by atoms with Crippen LogP contribution in [0.3, 0.4) is 0 Å². The minimum absolute atomic E-state index is 0.203. The van der Waals surface area contributed by atoms with Crippen molar-refractivity contribution in [3.63, 3.8) is 0 Å². The molecule has 0 aliphatic carbocycles. The zero-order chi connectivity index (χ0) is 21.1. The number of thioether (sulfide) groups is 1. The molecule has 2 N–H and O–H groups in total. The van der Waals surface area contributed by atoms with Gasteiger partial charge in [-0.25, -0.2) is 0 Å². The van der Waals surface area contributed by atoms with Crippen molar-refractivity contribution in [3.05, 3.63) is 69.8 Å². The lowest BCUT2D eigenvalue weighted by Crippen LogP contribution is -2.31. The number of hydrogen-bond acceptors (Lipinski definition) is 5. The van der Waals surface area contributed by atoms with Crippen LogP contribution in [0.1, 0.15) is 16.7 Å². The summed E-state index contributed by atoms with van der Waals surface area (Å²) in [7, 11) is 1.53. The molecule has 0 unspecified atom stereocenters. The van der Waals surface area contributed by atoms with Gasteiger partial charge in [0.15, 0.2) is 0 Å². The van der Waals surface area contributed by atoms with Gasteiger partial charge in [0.2, 0.25) is 5.91 Å². The van der Waals surface area contributed by atoms with Gasteiger partial charge in [0.05, 0.1) is 18.0 Å². The van der Waals surface area contributed by atoms with Gasteiger partial charge in [-0.2, -0.15) is 5.26 Å². The molecule has 1 saturated heterocycles. The Kier molecular flexibility index (Phi) is 5.95. The highest BCUT2D eigenvalue weighted by atomic mass is 32.2. The van der Waals surface area contributed by atoms with Crippen molar-refractivity contribution in [3.8, 4) is 11.8 Å². The number of nitriles is 1. The molecule has 0 spiro atoms. The molecule has 3 rings (SSSR count). The summed E-state index contributed by atoms with van der Waals surface area (Å²) < 4.78 is 5.25. The Morgan fingerprint density at radius 2 is 2.00 bits per heavy atom. The number of nitrogens with zero attached hydrogens (tertiary/aromatic N) is 2. The zero-order valence-electron chi connectivity index (χ0n) is 16.4. The number of nitrogens with two attached hydrogens (primary N) is 1. The molecule has 0 bridgehead atoms. The van der Waals surface area contributed by atoms with Crippen LogP contribution in [0, 0.1) is 25.2 Å². The number of methoxy groups -OCH3 is 1. The van der Waals surface area contributed by atoms with E-state index in [0.717, 1.165) is 11.1 Å². The normalized spacial score (nSPS) is 17.8. The molecule has 2 aromatic rings. The van der Waals surface area contributed by atoms with Crippen LogP contribution in [0.2, 0.25) is 0 Å². The van der Waals surface area contributed by atoms with Gasteiger partial charge in [0, 0.05) is 6.07 Å². The first-order valence-electron chi connectivity index (χ1n) is 9.00. The minimum atomic E-state index is -0.859. The van der Waals surface area contributed by atoms with Crippen molar-refractivity contribution >= 4 is 29.3 Å². The van der Waals surface area contributed by atoms with E-state index in [1.807, 2.05) is 32.0 Å². The molecular weight excluding hydrogens is 386 g/mol. The van der Waals surface area contributed by atoms with Crippen molar-refractivity contribution in [2.45, 2.75) is 25.5 Å². The maximum Gasteiger partial charge on any atom is 0.262 e. The molecule has 0 radical (unpaired) electrons. The molecule has 2 aromatic carbocycles. The Balaban J connectivity index is 2.04. The SMILES string of the molecule is COc1cccc(N2C(=O)[C@H](Cc3ccc(C)c(C)c3)S/C2=C(/C#N)C(N)=O)c1. The molecule has 7 heteroatoms. The molecule has 1 fully saturated rings. The largest absolute Gasteiger partial charge is 0.497 e. The fourth-order valence-electron chi connectivity index (χ4n) is 3.13. The van der Waals surface area contributed by atoms with Gasteiger partial charge in [-0.15, -0.1) is 0 Å². The van der Waals surface area contributed by atoms with E-state index in [1.165, 1.54) is 29.3 Å².